The average Bonchev–Trinajstić information content (AvgIpc) is 3.18. The minimum atomic E-state index is -5.80. The van der Waals surface area contributed by atoms with Crippen molar-refractivity contribution in [1.29, 1.82) is 0 Å². The summed E-state index contributed by atoms with van der Waals surface area (Å²) < 4.78 is 53.3. The molecule has 1 fully saturated rings. The minimum Gasteiger partial charge on any atom is -0.387 e. The maximum atomic E-state index is 12.2. The second-order valence-corrected chi connectivity index (χ2v) is 11.8. The number of imidazole rings is 1. The lowest BCUT2D eigenvalue weighted by atomic mass is 9.90. The minimum absolute atomic E-state index is 0.138. The number of phosphoric acid groups is 3. The predicted molar refractivity (Wildman–Crippen MR) is 117 cm³/mol. The van der Waals surface area contributed by atoms with Crippen LogP contribution in [0.4, 0.5) is 5.95 Å². The third-order valence-corrected chi connectivity index (χ3v) is 8.66. The van der Waals surface area contributed by atoms with Crippen molar-refractivity contribution < 1.29 is 56.3 Å². The zero-order valence-corrected chi connectivity index (χ0v) is 21.0. The molecule has 0 aliphatic carbocycles. The largest absolute Gasteiger partial charge is 0.490 e. The molecule has 0 radical (unpaired) electrons. The van der Waals surface area contributed by atoms with Crippen molar-refractivity contribution in [3.8, 4) is 11.3 Å². The number of nitrogens with one attached hydrogen (secondary N) is 1. The first-order valence-corrected chi connectivity index (χ1v) is 14.1. The molecule has 0 bridgehead atoms. The fourth-order valence-corrected chi connectivity index (χ4v) is 6.68. The molecule has 0 amide bonds. The van der Waals surface area contributed by atoms with Crippen molar-refractivity contribution in [2.75, 3.05) is 5.73 Å². The fourth-order valence-electron chi connectivity index (χ4n) is 3.32. The van der Waals surface area contributed by atoms with Gasteiger partial charge in [0.1, 0.15) is 12.2 Å². The smallest absolute Gasteiger partial charge is 0.387 e. The molecule has 1 saturated heterocycles. The maximum Gasteiger partial charge on any atom is 0.490 e. The number of phosphoric ester groups is 1. The topological polar surface area (TPSA) is 305 Å². The first-order chi connectivity index (χ1) is 16.4. The number of aromatic amines is 1. The number of ether oxygens (including phenoxy) is 1. The van der Waals surface area contributed by atoms with Crippen LogP contribution in [0.3, 0.4) is 0 Å². The first kappa shape index (κ1) is 28.9. The van der Waals surface area contributed by atoms with Crippen LogP contribution in [0.25, 0.3) is 11.2 Å². The summed E-state index contributed by atoms with van der Waals surface area (Å²) in [5, 5.41) is 12.8. The molecule has 200 valence electrons. The number of anilines is 1. The van der Waals surface area contributed by atoms with Gasteiger partial charge in [0.15, 0.2) is 22.9 Å². The predicted octanol–water partition coefficient (Wildman–Crippen LogP) is -1.41. The zero-order valence-electron chi connectivity index (χ0n) is 17.6. The van der Waals surface area contributed by atoms with Crippen molar-refractivity contribution in [3.63, 3.8) is 0 Å². The van der Waals surface area contributed by atoms with Crippen molar-refractivity contribution >= 4 is 52.2 Å². The summed E-state index contributed by atoms with van der Waals surface area (Å²) in [4.78, 5) is 58.5. The first-order valence-electron chi connectivity index (χ1n) is 9.19. The number of nitrogens with zero attached hydrogens (tertiary/aromatic N) is 3. The number of hydrogen-bond acceptors (Lipinski definition) is 13. The van der Waals surface area contributed by atoms with Gasteiger partial charge in [0, 0.05) is 5.38 Å². The summed E-state index contributed by atoms with van der Waals surface area (Å²) in [6, 6.07) is 0. The van der Waals surface area contributed by atoms with E-state index in [2.05, 4.69) is 29.5 Å². The molecule has 10 N–H and O–H groups in total. The van der Waals surface area contributed by atoms with Gasteiger partial charge in [-0.25, -0.2) is 18.7 Å². The van der Waals surface area contributed by atoms with Gasteiger partial charge in [-0.2, -0.15) is 13.6 Å². The van der Waals surface area contributed by atoms with E-state index in [1.54, 1.807) is 0 Å². The van der Waals surface area contributed by atoms with Crippen LogP contribution in [0.1, 0.15) is 13.2 Å². The van der Waals surface area contributed by atoms with Crippen molar-refractivity contribution in [1.82, 2.24) is 19.5 Å². The average molecular weight is 595 g/mol. The number of H-pyrrole nitrogens is 1. The van der Waals surface area contributed by atoms with Gasteiger partial charge in [-0.1, -0.05) is 5.92 Å². The second kappa shape index (κ2) is 9.87. The van der Waals surface area contributed by atoms with Crippen LogP contribution in [-0.2, 0) is 31.6 Å². The van der Waals surface area contributed by atoms with E-state index in [4.69, 9.17) is 42.1 Å². The van der Waals surface area contributed by atoms with Crippen LogP contribution < -0.4 is 17.0 Å². The molecule has 2 aromatic heterocycles. The summed E-state index contributed by atoms with van der Waals surface area (Å²) in [6.45, 7) is 1.05. The van der Waals surface area contributed by atoms with Crippen molar-refractivity contribution in [2.24, 2.45) is 5.73 Å². The Labute approximate surface area is 204 Å². The Morgan fingerprint density at radius 1 is 1.28 bits per heavy atom. The van der Waals surface area contributed by atoms with E-state index in [-0.39, 0.29) is 17.1 Å². The molecule has 1 aliphatic heterocycles. The quantitative estimate of drug-likeness (QED) is 0.128. The lowest BCUT2D eigenvalue weighted by Crippen LogP contribution is -2.54. The molecule has 0 aromatic carbocycles. The summed E-state index contributed by atoms with van der Waals surface area (Å²) in [5.74, 6) is 2.03. The van der Waals surface area contributed by atoms with Crippen LogP contribution >= 0.6 is 35.1 Å². The Hall–Kier alpha value is -1.71. The SMILES string of the molecule is C[C@@H](OP(=O)(O)OP(=O)(O)OP(=O)(O)O)[C@H]1O[C@@H](n2cnc3c(=O)[nH]c(N)nc32)C(N)(C#CCl)[C@H]1O. The molecule has 23 heteroatoms. The Bertz CT molecular complexity index is 1430. The number of hydrogen-bond donors (Lipinski definition) is 8. The highest BCUT2D eigenvalue weighted by molar-refractivity contribution is 7.66. The zero-order chi connectivity index (χ0) is 27.3. The monoisotopic (exact) mass is 594 g/mol. The van der Waals surface area contributed by atoms with Crippen LogP contribution in [0.15, 0.2) is 11.1 Å². The number of rotatable bonds is 8. The molecule has 7 atom stereocenters. The standard InChI is InChI=1S/C13H18ClN6O13P3/c1-5(31-35(26,27)33-36(28,29)32-34(23,24)25)7-8(21)13(16,2-3-14)11(30-7)20-4-17-6-9(20)18-12(15)19-10(6)22/h4-5,7-8,11,21H,16H2,1H3,(H,26,27)(H,28,29)(H2,23,24,25)(H3,15,18,19,22)/t5-,7-,8+,11-,13?/m1/s1. The molecule has 0 saturated carbocycles. The highest BCUT2D eigenvalue weighted by atomic mass is 35.5. The lowest BCUT2D eigenvalue weighted by molar-refractivity contribution is -0.0733. The van der Waals surface area contributed by atoms with Gasteiger partial charge in [0.05, 0.1) is 12.4 Å². The fraction of sp³-hybridized carbons (Fsp3) is 0.462. The van der Waals surface area contributed by atoms with E-state index >= 15 is 0 Å². The number of halogens is 1. The Balaban J connectivity index is 1.92. The van der Waals surface area contributed by atoms with Crippen LogP contribution in [0.5, 0.6) is 0 Å². The number of aliphatic hydroxyl groups excluding tert-OH is 1. The van der Waals surface area contributed by atoms with Gasteiger partial charge in [-0.3, -0.25) is 18.9 Å². The van der Waals surface area contributed by atoms with Gasteiger partial charge in [0.25, 0.3) is 5.56 Å². The highest BCUT2D eigenvalue weighted by Crippen LogP contribution is 2.66. The molecule has 36 heavy (non-hydrogen) atoms. The van der Waals surface area contributed by atoms with Gasteiger partial charge in [-0.05, 0) is 18.5 Å². The normalized spacial score (nSPS) is 28.7. The maximum absolute atomic E-state index is 12.2. The Morgan fingerprint density at radius 2 is 1.92 bits per heavy atom. The van der Waals surface area contributed by atoms with Gasteiger partial charge in [-0.15, -0.1) is 0 Å². The van der Waals surface area contributed by atoms with E-state index in [1.165, 1.54) is 0 Å². The highest BCUT2D eigenvalue weighted by Gasteiger charge is 2.57. The molecule has 3 unspecified atom stereocenters. The van der Waals surface area contributed by atoms with Crippen LogP contribution in [0.2, 0.25) is 0 Å². The van der Waals surface area contributed by atoms with E-state index in [9.17, 15) is 33.4 Å². The molecular formula is C13H18ClN6O13P3. The van der Waals surface area contributed by atoms with Crippen LogP contribution in [-0.4, -0.2) is 68.1 Å². The summed E-state index contributed by atoms with van der Waals surface area (Å²) >= 11 is 5.50. The van der Waals surface area contributed by atoms with Crippen LogP contribution in [0, 0.1) is 11.3 Å². The number of aromatic nitrogens is 4. The van der Waals surface area contributed by atoms with E-state index in [1.807, 2.05) is 5.38 Å². The van der Waals surface area contributed by atoms with Gasteiger partial charge in [0.2, 0.25) is 5.95 Å². The van der Waals surface area contributed by atoms with Crippen molar-refractivity contribution in [3.05, 3.63) is 16.7 Å². The molecule has 2 aromatic rings. The number of nitrogen functional groups attached to an aromatic ring is 1. The molecule has 3 rings (SSSR count). The molecular weight excluding hydrogens is 577 g/mol. The van der Waals surface area contributed by atoms with Gasteiger partial charge < -0.3 is 40.9 Å². The summed E-state index contributed by atoms with van der Waals surface area (Å²) in [7, 11) is -17.0. The number of fused-ring (bicyclic) bond motifs is 1. The molecule has 3 heterocycles. The molecule has 0 spiro atoms. The summed E-state index contributed by atoms with van der Waals surface area (Å²) in [6.07, 6.45) is -5.58. The molecule has 19 nitrogen and oxygen atoms in total. The van der Waals surface area contributed by atoms with Crippen molar-refractivity contribution in [2.45, 2.75) is 37.0 Å². The third kappa shape index (κ3) is 6.05. The molecule has 1 aliphatic rings. The Morgan fingerprint density at radius 3 is 2.50 bits per heavy atom. The van der Waals surface area contributed by atoms with Gasteiger partial charge >= 0.3 is 23.5 Å². The second-order valence-electron chi connectivity index (χ2n) is 7.23. The van der Waals surface area contributed by atoms with E-state index in [0.29, 0.717) is 0 Å². The van der Waals surface area contributed by atoms with E-state index < -0.39 is 59.1 Å². The number of aliphatic hydroxyl groups is 1. The van der Waals surface area contributed by atoms with E-state index in [0.717, 1.165) is 17.8 Å². The Kier molecular flexibility index (Phi) is 7.91. The summed E-state index contributed by atoms with van der Waals surface area (Å²) in [5.41, 5.74) is 8.70. The lowest BCUT2D eigenvalue weighted by Gasteiger charge is -2.28. The third-order valence-electron chi connectivity index (χ3n) is 4.64. The number of nitrogens with two attached hydrogens (primary N) is 2.